The van der Waals surface area contributed by atoms with E-state index >= 15 is 0 Å². The number of nitrogens with zero attached hydrogens (tertiary/aromatic N) is 2. The SMILES string of the molecule is CCCc1nc(CC2CCCCO2)nc2c1CNCC2. The monoisotopic (exact) mass is 275 g/mol. The molecule has 0 bridgehead atoms. The van der Waals surface area contributed by atoms with E-state index in [2.05, 4.69) is 12.2 Å². The molecule has 0 aromatic carbocycles. The number of nitrogens with one attached hydrogen (secondary N) is 1. The zero-order valence-electron chi connectivity index (χ0n) is 12.5. The molecule has 1 unspecified atom stereocenters. The summed E-state index contributed by atoms with van der Waals surface area (Å²) >= 11 is 0. The number of fused-ring (bicyclic) bond motifs is 1. The minimum absolute atomic E-state index is 0.331. The molecule has 1 aromatic heterocycles. The lowest BCUT2D eigenvalue weighted by molar-refractivity contribution is 0.0156. The molecule has 0 amide bonds. The van der Waals surface area contributed by atoms with Crippen LogP contribution in [-0.2, 0) is 30.5 Å². The predicted octanol–water partition coefficient (Wildman–Crippen LogP) is 2.19. The van der Waals surface area contributed by atoms with Crippen molar-refractivity contribution in [3.63, 3.8) is 0 Å². The van der Waals surface area contributed by atoms with Gasteiger partial charge in [-0.25, -0.2) is 9.97 Å². The first-order valence-corrected chi connectivity index (χ1v) is 8.06. The van der Waals surface area contributed by atoms with Gasteiger partial charge < -0.3 is 10.1 Å². The van der Waals surface area contributed by atoms with Crippen LogP contribution < -0.4 is 5.32 Å². The topological polar surface area (TPSA) is 47.0 Å². The second-order valence-electron chi connectivity index (χ2n) is 5.88. The van der Waals surface area contributed by atoms with Gasteiger partial charge in [0.2, 0.25) is 0 Å². The van der Waals surface area contributed by atoms with Gasteiger partial charge in [-0.2, -0.15) is 0 Å². The Morgan fingerprint density at radius 1 is 1.30 bits per heavy atom. The second kappa shape index (κ2) is 6.64. The van der Waals surface area contributed by atoms with Gasteiger partial charge in [0.25, 0.3) is 0 Å². The Morgan fingerprint density at radius 2 is 2.25 bits per heavy atom. The minimum Gasteiger partial charge on any atom is -0.378 e. The average molecular weight is 275 g/mol. The quantitative estimate of drug-likeness (QED) is 0.915. The summed E-state index contributed by atoms with van der Waals surface area (Å²) in [6.45, 7) is 5.09. The van der Waals surface area contributed by atoms with Gasteiger partial charge >= 0.3 is 0 Å². The summed E-state index contributed by atoms with van der Waals surface area (Å²) in [6.07, 6.45) is 8.09. The number of hydrogen-bond acceptors (Lipinski definition) is 4. The normalized spacial score (nSPS) is 22.6. The molecule has 0 saturated carbocycles. The van der Waals surface area contributed by atoms with Crippen molar-refractivity contribution < 1.29 is 4.74 Å². The van der Waals surface area contributed by atoms with E-state index < -0.39 is 0 Å². The van der Waals surface area contributed by atoms with Crippen LogP contribution in [0, 0.1) is 0 Å². The molecule has 0 aliphatic carbocycles. The first kappa shape index (κ1) is 14.0. The Hall–Kier alpha value is -1.00. The number of aromatic nitrogens is 2. The molecule has 2 aliphatic heterocycles. The molecule has 1 fully saturated rings. The van der Waals surface area contributed by atoms with Crippen LogP contribution >= 0.6 is 0 Å². The van der Waals surface area contributed by atoms with Gasteiger partial charge in [-0.05, 0) is 25.7 Å². The molecule has 4 heteroatoms. The summed E-state index contributed by atoms with van der Waals surface area (Å²) in [5.41, 5.74) is 3.88. The summed E-state index contributed by atoms with van der Waals surface area (Å²) in [5, 5.41) is 3.44. The molecule has 1 aromatic rings. The summed E-state index contributed by atoms with van der Waals surface area (Å²) in [5.74, 6) is 1.00. The fourth-order valence-electron chi connectivity index (χ4n) is 3.18. The highest BCUT2D eigenvalue weighted by Crippen LogP contribution is 2.20. The van der Waals surface area contributed by atoms with Crippen LogP contribution in [0.5, 0.6) is 0 Å². The molecule has 1 atom stereocenters. The van der Waals surface area contributed by atoms with Crippen molar-refractivity contribution in [2.75, 3.05) is 13.2 Å². The van der Waals surface area contributed by atoms with Gasteiger partial charge in [-0.15, -0.1) is 0 Å². The van der Waals surface area contributed by atoms with E-state index in [4.69, 9.17) is 14.7 Å². The highest BCUT2D eigenvalue weighted by Gasteiger charge is 2.20. The van der Waals surface area contributed by atoms with Crippen LogP contribution in [0.15, 0.2) is 0 Å². The maximum absolute atomic E-state index is 5.83. The number of ether oxygens (including phenoxy) is 1. The van der Waals surface area contributed by atoms with Crippen molar-refractivity contribution in [2.24, 2.45) is 0 Å². The highest BCUT2D eigenvalue weighted by atomic mass is 16.5. The zero-order chi connectivity index (χ0) is 13.8. The summed E-state index contributed by atoms with van der Waals surface area (Å²) < 4.78 is 5.83. The largest absolute Gasteiger partial charge is 0.378 e. The molecule has 3 heterocycles. The lowest BCUT2D eigenvalue weighted by Crippen LogP contribution is -2.28. The predicted molar refractivity (Wildman–Crippen MR) is 78.7 cm³/mol. The maximum Gasteiger partial charge on any atom is 0.131 e. The van der Waals surface area contributed by atoms with Gasteiger partial charge in [0.05, 0.1) is 11.8 Å². The molecule has 1 saturated heterocycles. The molecule has 3 rings (SSSR count). The Morgan fingerprint density at radius 3 is 3.05 bits per heavy atom. The van der Waals surface area contributed by atoms with E-state index in [-0.39, 0.29) is 0 Å². The minimum atomic E-state index is 0.331. The molecule has 4 nitrogen and oxygen atoms in total. The van der Waals surface area contributed by atoms with Crippen molar-refractivity contribution in [2.45, 2.75) is 64.5 Å². The van der Waals surface area contributed by atoms with Gasteiger partial charge in [-0.3, -0.25) is 0 Å². The number of hydrogen-bond donors (Lipinski definition) is 1. The molecular weight excluding hydrogens is 250 g/mol. The molecule has 0 radical (unpaired) electrons. The Bertz CT molecular complexity index is 455. The highest BCUT2D eigenvalue weighted by molar-refractivity contribution is 5.28. The average Bonchev–Trinajstić information content (AvgIpc) is 2.49. The standard InChI is InChI=1S/C16H25N3O/c1-2-5-14-13-11-17-8-7-15(13)19-16(18-14)10-12-6-3-4-9-20-12/h12,17H,2-11H2,1H3. The Balaban J connectivity index is 1.81. The summed E-state index contributed by atoms with van der Waals surface area (Å²) in [7, 11) is 0. The third-order valence-corrected chi connectivity index (χ3v) is 4.24. The van der Waals surface area contributed by atoms with Crippen LogP contribution in [0.4, 0.5) is 0 Å². The van der Waals surface area contributed by atoms with Crippen LogP contribution in [0.1, 0.15) is 55.4 Å². The lowest BCUT2D eigenvalue weighted by Gasteiger charge is -2.24. The van der Waals surface area contributed by atoms with Gasteiger partial charge in [-0.1, -0.05) is 13.3 Å². The second-order valence-corrected chi connectivity index (χ2v) is 5.88. The first-order chi connectivity index (χ1) is 9.86. The fourth-order valence-corrected chi connectivity index (χ4v) is 3.18. The molecule has 20 heavy (non-hydrogen) atoms. The van der Waals surface area contributed by atoms with Crippen LogP contribution in [0.25, 0.3) is 0 Å². The third kappa shape index (κ3) is 3.18. The first-order valence-electron chi connectivity index (χ1n) is 8.06. The van der Waals surface area contributed by atoms with Crippen molar-refractivity contribution in [1.82, 2.24) is 15.3 Å². The molecule has 2 aliphatic rings. The van der Waals surface area contributed by atoms with E-state index in [0.29, 0.717) is 6.10 Å². The van der Waals surface area contributed by atoms with Crippen molar-refractivity contribution >= 4 is 0 Å². The van der Waals surface area contributed by atoms with Crippen LogP contribution in [0.3, 0.4) is 0 Å². The van der Waals surface area contributed by atoms with Gasteiger partial charge in [0.15, 0.2) is 0 Å². The number of aryl methyl sites for hydroxylation is 1. The smallest absolute Gasteiger partial charge is 0.131 e. The van der Waals surface area contributed by atoms with E-state index in [1.807, 2.05) is 0 Å². The molecule has 110 valence electrons. The Kier molecular flexibility index (Phi) is 4.63. The molecule has 1 N–H and O–H groups in total. The number of rotatable bonds is 4. The molecular formula is C16H25N3O. The van der Waals surface area contributed by atoms with Crippen LogP contribution in [-0.4, -0.2) is 29.2 Å². The zero-order valence-corrected chi connectivity index (χ0v) is 12.5. The van der Waals surface area contributed by atoms with E-state index in [1.165, 1.54) is 29.8 Å². The van der Waals surface area contributed by atoms with Crippen LogP contribution in [0.2, 0.25) is 0 Å². The Labute approximate surface area is 121 Å². The van der Waals surface area contributed by atoms with E-state index in [1.54, 1.807) is 0 Å². The van der Waals surface area contributed by atoms with E-state index in [0.717, 1.165) is 57.6 Å². The van der Waals surface area contributed by atoms with E-state index in [9.17, 15) is 0 Å². The van der Waals surface area contributed by atoms with Crippen molar-refractivity contribution in [3.05, 3.63) is 22.8 Å². The van der Waals surface area contributed by atoms with Gasteiger partial charge in [0.1, 0.15) is 5.82 Å². The molecule has 0 spiro atoms. The maximum atomic E-state index is 5.83. The summed E-state index contributed by atoms with van der Waals surface area (Å²) in [6, 6.07) is 0. The third-order valence-electron chi connectivity index (χ3n) is 4.24. The van der Waals surface area contributed by atoms with Gasteiger partial charge in [0, 0.05) is 43.8 Å². The van der Waals surface area contributed by atoms with Crippen molar-refractivity contribution in [1.29, 1.82) is 0 Å². The fraction of sp³-hybridized carbons (Fsp3) is 0.750. The van der Waals surface area contributed by atoms with Crippen molar-refractivity contribution in [3.8, 4) is 0 Å². The lowest BCUT2D eigenvalue weighted by atomic mass is 10.0. The summed E-state index contributed by atoms with van der Waals surface area (Å²) in [4.78, 5) is 9.66.